The van der Waals surface area contributed by atoms with Gasteiger partial charge in [0, 0.05) is 12.0 Å². The summed E-state index contributed by atoms with van der Waals surface area (Å²) in [7, 11) is 0. The van der Waals surface area contributed by atoms with E-state index < -0.39 is 18.0 Å². The van der Waals surface area contributed by atoms with E-state index in [0.717, 1.165) is 12.8 Å². The summed E-state index contributed by atoms with van der Waals surface area (Å²) in [5.74, 6) is -1.59. The summed E-state index contributed by atoms with van der Waals surface area (Å²) >= 11 is 0. The summed E-state index contributed by atoms with van der Waals surface area (Å²) in [5, 5.41) is 40.3. The largest absolute Gasteiger partial charge is 0.481 e. The van der Waals surface area contributed by atoms with E-state index in [1.807, 2.05) is 0 Å². The summed E-state index contributed by atoms with van der Waals surface area (Å²) in [6, 6.07) is 0. The zero-order valence-electron chi connectivity index (χ0n) is 16.3. The Labute approximate surface area is 157 Å². The quantitative estimate of drug-likeness (QED) is 0.245. The summed E-state index contributed by atoms with van der Waals surface area (Å²) in [5.41, 5.74) is 0.176. The smallest absolute Gasteiger partial charge is 0.330 e. The molecule has 156 valence electrons. The van der Waals surface area contributed by atoms with Crippen LogP contribution in [0, 0.1) is 0 Å². The number of aliphatic carboxylic acids is 2. The topological polar surface area (TPSA) is 135 Å². The molecule has 26 heavy (non-hydrogen) atoms. The third kappa shape index (κ3) is 34.0. The summed E-state index contributed by atoms with van der Waals surface area (Å²) in [6.45, 7) is 6.10. The first-order valence-electron chi connectivity index (χ1n) is 9.23. The zero-order valence-corrected chi connectivity index (χ0v) is 16.3. The van der Waals surface area contributed by atoms with Gasteiger partial charge in [0.25, 0.3) is 0 Å². The minimum absolute atomic E-state index is 0.176. The first-order chi connectivity index (χ1) is 12.2. The Balaban J connectivity index is -0.000000364. The molecule has 0 amide bonds. The highest BCUT2D eigenvalue weighted by molar-refractivity contribution is 5.84. The summed E-state index contributed by atoms with van der Waals surface area (Å²) in [6.07, 6.45) is 10.5. The molecule has 0 heterocycles. The molecule has 0 aromatic carbocycles. The molecule has 0 saturated carbocycles. The number of carbonyl (C=O) groups is 2. The second-order valence-corrected chi connectivity index (χ2v) is 6.08. The molecule has 0 radical (unpaired) electrons. The summed E-state index contributed by atoms with van der Waals surface area (Å²) < 4.78 is 0. The van der Waals surface area contributed by atoms with Crippen molar-refractivity contribution in [1.29, 1.82) is 0 Å². The van der Waals surface area contributed by atoms with Gasteiger partial charge in [-0.2, -0.15) is 0 Å². The Morgan fingerprint density at radius 2 is 1.19 bits per heavy atom. The second kappa shape index (κ2) is 23.6. The molecule has 0 atom stereocenters. The molecule has 0 aliphatic rings. The van der Waals surface area contributed by atoms with E-state index in [1.165, 1.54) is 51.9 Å². The maximum Gasteiger partial charge on any atom is 0.330 e. The molecule has 7 heteroatoms. The van der Waals surface area contributed by atoms with Gasteiger partial charge in [-0.25, -0.2) is 4.79 Å². The SMILES string of the molecule is C=C(C)C(=O)O.CCCCCCCCCCCC(=O)O.OCC(O)CO. The highest BCUT2D eigenvalue weighted by Gasteiger charge is 1.96. The van der Waals surface area contributed by atoms with Crippen LogP contribution in [0.2, 0.25) is 0 Å². The number of rotatable bonds is 13. The predicted octanol–water partition coefficient (Wildman–Crippen LogP) is 2.97. The van der Waals surface area contributed by atoms with Gasteiger partial charge in [0.05, 0.1) is 13.2 Å². The van der Waals surface area contributed by atoms with Gasteiger partial charge in [0.15, 0.2) is 0 Å². The molecular weight excluding hydrogens is 340 g/mol. The molecule has 0 saturated heterocycles. The van der Waals surface area contributed by atoms with Crippen LogP contribution in [0.5, 0.6) is 0 Å². The van der Waals surface area contributed by atoms with Crippen molar-refractivity contribution in [2.75, 3.05) is 13.2 Å². The fraction of sp³-hybridized carbons (Fsp3) is 0.789. The highest BCUT2D eigenvalue weighted by atomic mass is 16.4. The lowest BCUT2D eigenvalue weighted by Crippen LogP contribution is -2.15. The average Bonchev–Trinajstić information content (AvgIpc) is 2.60. The molecule has 0 aliphatic carbocycles. The normalized spacial score (nSPS) is 9.62. The van der Waals surface area contributed by atoms with Crippen molar-refractivity contribution < 1.29 is 35.1 Å². The lowest BCUT2D eigenvalue weighted by molar-refractivity contribution is -0.137. The number of hydrogen-bond donors (Lipinski definition) is 5. The van der Waals surface area contributed by atoms with Crippen LogP contribution in [0.3, 0.4) is 0 Å². The van der Waals surface area contributed by atoms with E-state index in [0.29, 0.717) is 6.42 Å². The number of carboxylic acid groups (broad SMARTS) is 2. The maximum absolute atomic E-state index is 10.2. The molecule has 0 spiro atoms. The van der Waals surface area contributed by atoms with Crippen molar-refractivity contribution in [3.05, 3.63) is 12.2 Å². The van der Waals surface area contributed by atoms with Gasteiger partial charge in [-0.05, 0) is 13.3 Å². The van der Waals surface area contributed by atoms with E-state index in [4.69, 9.17) is 25.5 Å². The van der Waals surface area contributed by atoms with Gasteiger partial charge in [0.1, 0.15) is 6.10 Å². The van der Waals surface area contributed by atoms with Crippen LogP contribution in [0.25, 0.3) is 0 Å². The van der Waals surface area contributed by atoms with Crippen LogP contribution in [0.4, 0.5) is 0 Å². The van der Waals surface area contributed by atoms with Crippen molar-refractivity contribution in [2.45, 2.75) is 84.2 Å². The molecule has 0 unspecified atom stereocenters. The van der Waals surface area contributed by atoms with E-state index in [-0.39, 0.29) is 18.8 Å². The predicted molar refractivity (Wildman–Crippen MR) is 102 cm³/mol. The Hall–Kier alpha value is -1.44. The van der Waals surface area contributed by atoms with Gasteiger partial charge in [-0.15, -0.1) is 0 Å². The molecule has 7 nitrogen and oxygen atoms in total. The van der Waals surface area contributed by atoms with Crippen LogP contribution in [0.15, 0.2) is 12.2 Å². The minimum atomic E-state index is -0.954. The van der Waals surface area contributed by atoms with Crippen molar-refractivity contribution in [2.24, 2.45) is 0 Å². The Morgan fingerprint density at radius 3 is 1.42 bits per heavy atom. The minimum Gasteiger partial charge on any atom is -0.481 e. The van der Waals surface area contributed by atoms with E-state index in [9.17, 15) is 9.59 Å². The van der Waals surface area contributed by atoms with Gasteiger partial charge >= 0.3 is 11.9 Å². The number of carboxylic acids is 2. The molecule has 0 fully saturated rings. The Morgan fingerprint density at radius 1 is 0.846 bits per heavy atom. The Bertz CT molecular complexity index is 327. The molecule has 0 rings (SSSR count). The Kier molecular flexibility index (Phi) is 26.6. The maximum atomic E-state index is 10.2. The van der Waals surface area contributed by atoms with E-state index >= 15 is 0 Å². The molecular formula is C19H38O7. The van der Waals surface area contributed by atoms with E-state index in [1.54, 1.807) is 0 Å². The third-order valence-corrected chi connectivity index (χ3v) is 3.28. The van der Waals surface area contributed by atoms with Gasteiger partial charge < -0.3 is 25.5 Å². The van der Waals surface area contributed by atoms with Gasteiger partial charge in [0.2, 0.25) is 0 Å². The number of aliphatic hydroxyl groups excluding tert-OH is 3. The number of unbranched alkanes of at least 4 members (excludes halogenated alkanes) is 8. The molecule has 5 N–H and O–H groups in total. The fourth-order valence-corrected chi connectivity index (χ4v) is 1.64. The van der Waals surface area contributed by atoms with Gasteiger partial charge in [-0.3, -0.25) is 4.79 Å². The van der Waals surface area contributed by atoms with E-state index in [2.05, 4.69) is 13.5 Å². The molecule has 0 aromatic rings. The van der Waals surface area contributed by atoms with Crippen LogP contribution < -0.4 is 0 Å². The zero-order chi connectivity index (χ0) is 20.8. The standard InChI is InChI=1S/C12H24O2.C4H6O2.C3H8O3/c1-2-3-4-5-6-7-8-9-10-11-12(13)14;1-3(2)4(5)6;4-1-3(6)2-5/h2-11H2,1H3,(H,13,14);1H2,2H3,(H,5,6);3-6H,1-2H2. The van der Waals surface area contributed by atoms with Crippen LogP contribution in [-0.4, -0.2) is 56.8 Å². The summed E-state index contributed by atoms with van der Waals surface area (Å²) in [4.78, 5) is 19.8. The van der Waals surface area contributed by atoms with Crippen LogP contribution >= 0.6 is 0 Å². The fourth-order valence-electron chi connectivity index (χ4n) is 1.64. The second-order valence-electron chi connectivity index (χ2n) is 6.08. The first kappa shape index (κ1) is 29.3. The molecule has 0 aliphatic heterocycles. The molecule has 0 aromatic heterocycles. The third-order valence-electron chi connectivity index (χ3n) is 3.28. The first-order valence-corrected chi connectivity index (χ1v) is 9.23. The number of aliphatic hydroxyl groups is 3. The lowest BCUT2D eigenvalue weighted by atomic mass is 10.1. The van der Waals surface area contributed by atoms with Crippen molar-refractivity contribution in [1.82, 2.24) is 0 Å². The van der Waals surface area contributed by atoms with Crippen molar-refractivity contribution in [3.8, 4) is 0 Å². The van der Waals surface area contributed by atoms with Crippen LogP contribution in [0.1, 0.15) is 78.1 Å². The van der Waals surface area contributed by atoms with Crippen molar-refractivity contribution >= 4 is 11.9 Å². The average molecular weight is 379 g/mol. The van der Waals surface area contributed by atoms with Crippen LogP contribution in [-0.2, 0) is 9.59 Å². The molecule has 0 bridgehead atoms. The monoisotopic (exact) mass is 378 g/mol. The highest BCUT2D eigenvalue weighted by Crippen LogP contribution is 2.10. The van der Waals surface area contributed by atoms with Gasteiger partial charge in [-0.1, -0.05) is 64.9 Å². The number of hydrogen-bond acceptors (Lipinski definition) is 5. The van der Waals surface area contributed by atoms with Crippen molar-refractivity contribution in [3.63, 3.8) is 0 Å². The lowest BCUT2D eigenvalue weighted by Gasteiger charge is -2.00.